The molecule has 1 saturated heterocycles. The summed E-state index contributed by atoms with van der Waals surface area (Å²) in [5.74, 6) is -1.08. The normalized spacial score (nSPS) is 17.4. The van der Waals surface area contributed by atoms with Crippen LogP contribution < -0.4 is 5.43 Å². The number of carbonyl (C=O) groups excluding carboxylic acids is 1. The molecular weight excluding hydrogens is 292 g/mol. The van der Waals surface area contributed by atoms with Gasteiger partial charge in [0.25, 0.3) is 0 Å². The number of rotatable bonds is 4. The first-order valence-electron chi connectivity index (χ1n) is 7.74. The zero-order valence-corrected chi connectivity index (χ0v) is 13.1. The van der Waals surface area contributed by atoms with E-state index >= 15 is 0 Å². The van der Waals surface area contributed by atoms with Crippen LogP contribution in [0.3, 0.4) is 0 Å². The summed E-state index contributed by atoms with van der Waals surface area (Å²) in [6.45, 7) is 3.01. The first-order valence-corrected chi connectivity index (χ1v) is 7.74. The van der Waals surface area contributed by atoms with Crippen LogP contribution >= 0.6 is 0 Å². The average molecular weight is 312 g/mol. The van der Waals surface area contributed by atoms with Crippen molar-refractivity contribution in [3.8, 4) is 0 Å². The summed E-state index contributed by atoms with van der Waals surface area (Å²) in [5, 5.41) is 6.29. The SMILES string of the molecule is CC1(CC(=O)N/N=C\c2cccc3ccccc23)OCCCO1. The highest BCUT2D eigenvalue weighted by Crippen LogP contribution is 2.22. The zero-order valence-electron chi connectivity index (χ0n) is 13.1. The fourth-order valence-electron chi connectivity index (χ4n) is 2.65. The standard InChI is InChI=1S/C18H20N2O3/c1-18(22-10-5-11-23-18)12-17(21)20-19-13-15-8-4-7-14-6-2-3-9-16(14)15/h2-4,6-9,13H,5,10-12H2,1H3,(H,20,21)/b19-13-. The van der Waals surface area contributed by atoms with Gasteiger partial charge in [-0.25, -0.2) is 5.43 Å². The van der Waals surface area contributed by atoms with Gasteiger partial charge in [-0.15, -0.1) is 0 Å². The first kappa shape index (κ1) is 15.6. The summed E-state index contributed by atoms with van der Waals surface area (Å²) >= 11 is 0. The van der Waals surface area contributed by atoms with E-state index in [4.69, 9.17) is 9.47 Å². The molecule has 3 rings (SSSR count). The molecule has 5 heteroatoms. The van der Waals surface area contributed by atoms with Gasteiger partial charge < -0.3 is 9.47 Å². The van der Waals surface area contributed by atoms with E-state index in [2.05, 4.69) is 10.5 Å². The van der Waals surface area contributed by atoms with E-state index in [0.717, 1.165) is 22.8 Å². The summed E-state index contributed by atoms with van der Waals surface area (Å²) in [5.41, 5.74) is 3.50. The van der Waals surface area contributed by atoms with Gasteiger partial charge >= 0.3 is 0 Å². The zero-order chi connectivity index (χ0) is 16.1. The van der Waals surface area contributed by atoms with Crippen LogP contribution in [0, 0.1) is 0 Å². The Morgan fingerprint density at radius 1 is 1.22 bits per heavy atom. The second kappa shape index (κ2) is 6.89. The quantitative estimate of drug-likeness (QED) is 0.697. The fourth-order valence-corrected chi connectivity index (χ4v) is 2.65. The number of hydrogen-bond donors (Lipinski definition) is 1. The van der Waals surface area contributed by atoms with E-state index in [9.17, 15) is 4.79 Å². The molecule has 1 heterocycles. The Hall–Kier alpha value is -2.24. The minimum atomic E-state index is -0.850. The first-order chi connectivity index (χ1) is 11.2. The van der Waals surface area contributed by atoms with E-state index in [-0.39, 0.29) is 12.3 Å². The third kappa shape index (κ3) is 3.94. The van der Waals surface area contributed by atoms with Crippen molar-refractivity contribution in [2.45, 2.75) is 25.6 Å². The molecule has 0 unspecified atom stereocenters. The van der Waals surface area contributed by atoms with Crippen LogP contribution in [0.2, 0.25) is 0 Å². The largest absolute Gasteiger partial charge is 0.350 e. The Bertz CT molecular complexity index is 716. The molecule has 0 radical (unpaired) electrons. The van der Waals surface area contributed by atoms with Crippen molar-refractivity contribution < 1.29 is 14.3 Å². The second-order valence-electron chi connectivity index (χ2n) is 5.72. The number of hydrazone groups is 1. The van der Waals surface area contributed by atoms with Crippen LogP contribution in [-0.4, -0.2) is 31.1 Å². The molecule has 2 aromatic rings. The maximum atomic E-state index is 12.0. The van der Waals surface area contributed by atoms with Gasteiger partial charge in [0.05, 0.1) is 25.8 Å². The lowest BCUT2D eigenvalue weighted by atomic mass is 10.1. The number of nitrogens with zero attached hydrogens (tertiary/aromatic N) is 1. The molecule has 23 heavy (non-hydrogen) atoms. The third-order valence-electron chi connectivity index (χ3n) is 3.80. The predicted octanol–water partition coefficient (Wildman–Crippen LogP) is 2.83. The number of amides is 1. The second-order valence-corrected chi connectivity index (χ2v) is 5.72. The molecule has 0 aromatic heterocycles. The third-order valence-corrected chi connectivity index (χ3v) is 3.80. The Labute approximate surface area is 135 Å². The number of ether oxygens (including phenoxy) is 2. The Kier molecular flexibility index (Phi) is 4.69. The molecule has 0 atom stereocenters. The van der Waals surface area contributed by atoms with Crippen LogP contribution in [-0.2, 0) is 14.3 Å². The molecule has 0 bridgehead atoms. The molecule has 1 aliphatic rings. The monoisotopic (exact) mass is 312 g/mol. The maximum absolute atomic E-state index is 12.0. The summed E-state index contributed by atoms with van der Waals surface area (Å²) in [6, 6.07) is 14.0. The highest BCUT2D eigenvalue weighted by atomic mass is 16.7. The number of hydrogen-bond acceptors (Lipinski definition) is 4. The molecule has 1 aliphatic heterocycles. The minimum Gasteiger partial charge on any atom is -0.350 e. The molecule has 5 nitrogen and oxygen atoms in total. The molecule has 0 aliphatic carbocycles. The molecule has 0 spiro atoms. The van der Waals surface area contributed by atoms with Crippen molar-refractivity contribution in [1.82, 2.24) is 5.43 Å². The lowest BCUT2D eigenvalue weighted by molar-refractivity contribution is -0.256. The predicted molar refractivity (Wildman–Crippen MR) is 89.2 cm³/mol. The van der Waals surface area contributed by atoms with E-state index in [0.29, 0.717) is 13.2 Å². The van der Waals surface area contributed by atoms with E-state index in [1.54, 1.807) is 13.1 Å². The van der Waals surface area contributed by atoms with Crippen molar-refractivity contribution in [2.75, 3.05) is 13.2 Å². The van der Waals surface area contributed by atoms with E-state index < -0.39 is 5.79 Å². The molecule has 1 N–H and O–H groups in total. The van der Waals surface area contributed by atoms with Gasteiger partial charge in [-0.05, 0) is 24.1 Å². The topological polar surface area (TPSA) is 59.9 Å². The summed E-state index contributed by atoms with van der Waals surface area (Å²) in [7, 11) is 0. The van der Waals surface area contributed by atoms with Crippen molar-refractivity contribution >= 4 is 22.9 Å². The Morgan fingerprint density at radius 3 is 2.78 bits per heavy atom. The van der Waals surface area contributed by atoms with Gasteiger partial charge in [0.1, 0.15) is 0 Å². The number of benzene rings is 2. The molecule has 2 aromatic carbocycles. The van der Waals surface area contributed by atoms with Crippen molar-refractivity contribution in [3.63, 3.8) is 0 Å². The number of carbonyl (C=O) groups is 1. The molecular formula is C18H20N2O3. The summed E-state index contributed by atoms with van der Waals surface area (Å²) in [4.78, 5) is 12.0. The van der Waals surface area contributed by atoms with E-state index in [1.807, 2.05) is 42.5 Å². The lowest BCUT2D eigenvalue weighted by Gasteiger charge is -2.33. The maximum Gasteiger partial charge on any atom is 0.245 e. The van der Waals surface area contributed by atoms with E-state index in [1.165, 1.54) is 0 Å². The number of fused-ring (bicyclic) bond motifs is 1. The Balaban J connectivity index is 1.63. The smallest absolute Gasteiger partial charge is 0.245 e. The van der Waals surface area contributed by atoms with Crippen molar-refractivity contribution in [3.05, 3.63) is 48.0 Å². The fraction of sp³-hybridized carbons (Fsp3) is 0.333. The molecule has 0 saturated carbocycles. The van der Waals surface area contributed by atoms with Gasteiger partial charge in [-0.1, -0.05) is 42.5 Å². The van der Waals surface area contributed by atoms with Crippen LogP contribution in [0.1, 0.15) is 25.3 Å². The summed E-state index contributed by atoms with van der Waals surface area (Å²) in [6.07, 6.45) is 2.64. The highest BCUT2D eigenvalue weighted by Gasteiger charge is 2.31. The van der Waals surface area contributed by atoms with Gasteiger partial charge in [0, 0.05) is 5.56 Å². The van der Waals surface area contributed by atoms with Gasteiger partial charge in [0.15, 0.2) is 5.79 Å². The van der Waals surface area contributed by atoms with Crippen molar-refractivity contribution in [1.29, 1.82) is 0 Å². The van der Waals surface area contributed by atoms with Crippen LogP contribution in [0.5, 0.6) is 0 Å². The molecule has 1 amide bonds. The average Bonchev–Trinajstić information content (AvgIpc) is 2.55. The van der Waals surface area contributed by atoms with Gasteiger partial charge in [0.2, 0.25) is 5.91 Å². The molecule has 1 fully saturated rings. The number of nitrogens with one attached hydrogen (secondary N) is 1. The van der Waals surface area contributed by atoms with Crippen LogP contribution in [0.15, 0.2) is 47.6 Å². The van der Waals surface area contributed by atoms with Gasteiger partial charge in [-0.3, -0.25) is 4.79 Å². The Morgan fingerprint density at radius 2 is 1.96 bits per heavy atom. The summed E-state index contributed by atoms with van der Waals surface area (Å²) < 4.78 is 11.0. The van der Waals surface area contributed by atoms with Crippen LogP contribution in [0.25, 0.3) is 10.8 Å². The lowest BCUT2D eigenvalue weighted by Crippen LogP contribution is -2.41. The van der Waals surface area contributed by atoms with Gasteiger partial charge in [-0.2, -0.15) is 5.10 Å². The van der Waals surface area contributed by atoms with Crippen molar-refractivity contribution in [2.24, 2.45) is 5.10 Å². The molecule has 120 valence electrons. The van der Waals surface area contributed by atoms with Crippen LogP contribution in [0.4, 0.5) is 0 Å². The minimum absolute atomic E-state index is 0.125. The highest BCUT2D eigenvalue weighted by molar-refractivity contribution is 5.99.